The largest absolute Gasteiger partial charge is 0.480 e. The van der Waals surface area contributed by atoms with Gasteiger partial charge in [0.2, 0.25) is 0 Å². The SMILES string of the molecule is Cc1nc(C)n(C(C)C(NC(=O)OCC2c3ccccc3-c3ccccc32)C(=O)O)n1. The first kappa shape index (κ1) is 20.6. The van der Waals surface area contributed by atoms with E-state index in [0.717, 1.165) is 22.3 Å². The zero-order chi connectivity index (χ0) is 22.1. The van der Waals surface area contributed by atoms with Gasteiger partial charge in [-0.15, -0.1) is 0 Å². The summed E-state index contributed by atoms with van der Waals surface area (Å²) in [7, 11) is 0. The average Bonchev–Trinajstić information content (AvgIpc) is 3.26. The number of aryl methyl sites for hydroxylation is 2. The topological polar surface area (TPSA) is 106 Å². The summed E-state index contributed by atoms with van der Waals surface area (Å²) in [6, 6.07) is 14.2. The molecular formula is C23H24N4O4. The van der Waals surface area contributed by atoms with Crippen molar-refractivity contribution in [2.24, 2.45) is 0 Å². The van der Waals surface area contributed by atoms with Crippen LogP contribution in [0.25, 0.3) is 11.1 Å². The lowest BCUT2D eigenvalue weighted by Crippen LogP contribution is -2.46. The molecule has 1 aliphatic carbocycles. The lowest BCUT2D eigenvalue weighted by atomic mass is 9.98. The lowest BCUT2D eigenvalue weighted by Gasteiger charge is -2.22. The summed E-state index contributed by atoms with van der Waals surface area (Å²) < 4.78 is 6.98. The summed E-state index contributed by atoms with van der Waals surface area (Å²) in [6.45, 7) is 5.25. The number of alkyl carbamates (subject to hydrolysis) is 1. The van der Waals surface area contributed by atoms with Crippen LogP contribution in [0.4, 0.5) is 4.79 Å². The number of hydrogen-bond donors (Lipinski definition) is 2. The fraction of sp³-hybridized carbons (Fsp3) is 0.304. The minimum atomic E-state index is -1.21. The second kappa shape index (κ2) is 8.22. The minimum absolute atomic E-state index is 0.0981. The highest BCUT2D eigenvalue weighted by Crippen LogP contribution is 2.44. The van der Waals surface area contributed by atoms with E-state index in [9.17, 15) is 14.7 Å². The molecule has 1 aliphatic rings. The third-order valence-electron chi connectivity index (χ3n) is 5.66. The van der Waals surface area contributed by atoms with Crippen molar-refractivity contribution in [3.63, 3.8) is 0 Å². The Morgan fingerprint density at radius 3 is 2.19 bits per heavy atom. The Hall–Kier alpha value is -3.68. The van der Waals surface area contributed by atoms with Gasteiger partial charge < -0.3 is 15.2 Å². The molecule has 3 aromatic rings. The molecule has 4 rings (SSSR count). The Morgan fingerprint density at radius 1 is 1.10 bits per heavy atom. The highest BCUT2D eigenvalue weighted by atomic mass is 16.5. The van der Waals surface area contributed by atoms with Crippen molar-refractivity contribution in [2.45, 2.75) is 38.8 Å². The summed E-state index contributed by atoms with van der Waals surface area (Å²) in [5.74, 6) is -0.159. The van der Waals surface area contributed by atoms with Crippen LogP contribution in [0.2, 0.25) is 0 Å². The van der Waals surface area contributed by atoms with Crippen LogP contribution in [-0.2, 0) is 9.53 Å². The van der Waals surface area contributed by atoms with Crippen molar-refractivity contribution in [2.75, 3.05) is 6.61 Å². The number of aromatic nitrogens is 3. The van der Waals surface area contributed by atoms with Crippen LogP contribution in [0.5, 0.6) is 0 Å². The van der Waals surface area contributed by atoms with E-state index >= 15 is 0 Å². The molecule has 2 N–H and O–H groups in total. The van der Waals surface area contributed by atoms with Gasteiger partial charge in [-0.3, -0.25) is 0 Å². The van der Waals surface area contributed by atoms with Crippen LogP contribution in [0.15, 0.2) is 48.5 Å². The van der Waals surface area contributed by atoms with Crippen molar-refractivity contribution >= 4 is 12.1 Å². The smallest absolute Gasteiger partial charge is 0.407 e. The number of carboxylic acids is 1. The highest BCUT2D eigenvalue weighted by Gasteiger charge is 2.32. The van der Waals surface area contributed by atoms with E-state index in [1.54, 1.807) is 20.8 Å². The van der Waals surface area contributed by atoms with Crippen LogP contribution in [0.1, 0.15) is 41.7 Å². The Balaban J connectivity index is 1.47. The minimum Gasteiger partial charge on any atom is -0.480 e. The van der Waals surface area contributed by atoms with Crippen molar-refractivity contribution < 1.29 is 19.4 Å². The number of nitrogens with one attached hydrogen (secondary N) is 1. The summed E-state index contributed by atoms with van der Waals surface area (Å²) >= 11 is 0. The van der Waals surface area contributed by atoms with Crippen LogP contribution in [0, 0.1) is 13.8 Å². The monoisotopic (exact) mass is 420 g/mol. The number of fused-ring (bicyclic) bond motifs is 3. The molecule has 31 heavy (non-hydrogen) atoms. The van der Waals surface area contributed by atoms with Gasteiger partial charge >= 0.3 is 12.1 Å². The van der Waals surface area contributed by atoms with Crippen LogP contribution in [-0.4, -0.2) is 44.6 Å². The molecule has 160 valence electrons. The molecule has 2 atom stereocenters. The standard InChI is InChI=1S/C23H24N4O4/c1-13(27-15(3)24-14(2)26-27)21(22(28)29)25-23(30)31-12-20-18-10-6-4-8-16(18)17-9-5-7-11-19(17)20/h4-11,13,20-21H,12H2,1-3H3,(H,25,30)(H,28,29). The molecule has 0 spiro atoms. The molecular weight excluding hydrogens is 396 g/mol. The van der Waals surface area contributed by atoms with E-state index < -0.39 is 24.1 Å². The van der Waals surface area contributed by atoms with Gasteiger partial charge in [-0.1, -0.05) is 48.5 Å². The van der Waals surface area contributed by atoms with E-state index in [-0.39, 0.29) is 12.5 Å². The maximum atomic E-state index is 12.5. The second-order valence-corrected chi connectivity index (χ2v) is 7.68. The van der Waals surface area contributed by atoms with E-state index in [1.807, 2.05) is 36.4 Å². The predicted molar refractivity (Wildman–Crippen MR) is 114 cm³/mol. The van der Waals surface area contributed by atoms with E-state index in [0.29, 0.717) is 11.6 Å². The Labute approximate surface area is 179 Å². The molecule has 0 aliphatic heterocycles. The van der Waals surface area contributed by atoms with Crippen molar-refractivity contribution in [1.82, 2.24) is 20.1 Å². The number of aliphatic carboxylic acids is 1. The molecule has 8 nitrogen and oxygen atoms in total. The van der Waals surface area contributed by atoms with Gasteiger partial charge in [0.25, 0.3) is 0 Å². The lowest BCUT2D eigenvalue weighted by molar-refractivity contribution is -0.140. The van der Waals surface area contributed by atoms with Gasteiger partial charge in [-0.25, -0.2) is 19.3 Å². The number of benzene rings is 2. The molecule has 0 saturated heterocycles. The first-order chi connectivity index (χ1) is 14.9. The molecule has 0 fully saturated rings. The molecule has 0 radical (unpaired) electrons. The molecule has 0 bridgehead atoms. The molecule has 1 aromatic heterocycles. The first-order valence-corrected chi connectivity index (χ1v) is 10.1. The predicted octanol–water partition coefficient (Wildman–Crippen LogP) is 3.45. The number of carbonyl (C=O) groups is 2. The van der Waals surface area contributed by atoms with Gasteiger partial charge in [0.1, 0.15) is 18.3 Å². The fourth-order valence-electron chi connectivity index (χ4n) is 4.22. The first-order valence-electron chi connectivity index (χ1n) is 10.1. The van der Waals surface area contributed by atoms with Crippen molar-refractivity contribution in [3.8, 4) is 11.1 Å². The molecule has 1 amide bonds. The summed E-state index contributed by atoms with van der Waals surface area (Å²) in [5, 5.41) is 16.4. The van der Waals surface area contributed by atoms with Gasteiger partial charge in [-0.05, 0) is 43.0 Å². The number of rotatable bonds is 6. The number of nitrogens with zero attached hydrogens (tertiary/aromatic N) is 3. The Bertz CT molecular complexity index is 1090. The van der Waals surface area contributed by atoms with Crippen LogP contribution >= 0.6 is 0 Å². The van der Waals surface area contributed by atoms with Crippen molar-refractivity contribution in [1.29, 1.82) is 0 Å². The van der Waals surface area contributed by atoms with Gasteiger partial charge in [0.05, 0.1) is 6.04 Å². The van der Waals surface area contributed by atoms with E-state index in [4.69, 9.17) is 4.74 Å². The molecule has 1 heterocycles. The van der Waals surface area contributed by atoms with Gasteiger partial charge in [-0.2, -0.15) is 5.10 Å². The van der Waals surface area contributed by atoms with E-state index in [2.05, 4.69) is 27.5 Å². The molecule has 8 heteroatoms. The van der Waals surface area contributed by atoms with Gasteiger partial charge in [0, 0.05) is 5.92 Å². The normalized spacial score (nSPS) is 14.4. The number of amides is 1. The third-order valence-corrected chi connectivity index (χ3v) is 5.66. The van der Waals surface area contributed by atoms with Crippen LogP contribution < -0.4 is 5.32 Å². The Kier molecular flexibility index (Phi) is 5.46. The summed E-state index contributed by atoms with van der Waals surface area (Å²) in [5.41, 5.74) is 4.43. The summed E-state index contributed by atoms with van der Waals surface area (Å²) in [6.07, 6.45) is -0.782. The zero-order valence-electron chi connectivity index (χ0n) is 17.6. The molecule has 2 aromatic carbocycles. The second-order valence-electron chi connectivity index (χ2n) is 7.68. The quantitative estimate of drug-likeness (QED) is 0.633. The number of hydrogen-bond acceptors (Lipinski definition) is 5. The number of carboxylic acid groups (broad SMARTS) is 1. The highest BCUT2D eigenvalue weighted by molar-refractivity contribution is 5.81. The van der Waals surface area contributed by atoms with Crippen LogP contribution in [0.3, 0.4) is 0 Å². The maximum absolute atomic E-state index is 12.5. The van der Waals surface area contributed by atoms with Crippen molar-refractivity contribution in [3.05, 3.63) is 71.3 Å². The molecule has 2 unspecified atom stereocenters. The maximum Gasteiger partial charge on any atom is 0.407 e. The Morgan fingerprint density at radius 2 is 1.68 bits per heavy atom. The number of carbonyl (C=O) groups excluding carboxylic acids is 1. The zero-order valence-corrected chi connectivity index (χ0v) is 17.6. The average molecular weight is 420 g/mol. The fourth-order valence-corrected chi connectivity index (χ4v) is 4.22. The summed E-state index contributed by atoms with van der Waals surface area (Å²) in [4.78, 5) is 28.5. The number of ether oxygens (including phenoxy) is 1. The molecule has 0 saturated carbocycles. The third kappa shape index (κ3) is 3.88. The van der Waals surface area contributed by atoms with E-state index in [1.165, 1.54) is 4.68 Å². The van der Waals surface area contributed by atoms with Gasteiger partial charge in [0.15, 0.2) is 6.04 Å².